The minimum atomic E-state index is -0.693. The quantitative estimate of drug-likeness (QED) is 0.380. The first kappa shape index (κ1) is 26.3. The van der Waals surface area contributed by atoms with Crippen LogP contribution in [0.5, 0.6) is 5.75 Å². The molecular formula is C29H33ClN2O3. The molecule has 184 valence electrons. The number of halogens is 1. The van der Waals surface area contributed by atoms with Crippen molar-refractivity contribution in [3.8, 4) is 5.75 Å². The molecule has 3 rings (SSSR count). The van der Waals surface area contributed by atoms with Crippen molar-refractivity contribution in [1.82, 2.24) is 10.2 Å². The summed E-state index contributed by atoms with van der Waals surface area (Å²) in [5, 5.41) is 3.61. The SMILES string of the molecule is CCC(C)NC(=O)C(Cc1ccccc1)N(Cc1ccccc1C)C(=O)COc1cccc(Cl)c1. The second kappa shape index (κ2) is 13.0. The molecule has 0 aliphatic heterocycles. The lowest BCUT2D eigenvalue weighted by atomic mass is 10.0. The van der Waals surface area contributed by atoms with Crippen molar-refractivity contribution < 1.29 is 14.3 Å². The number of benzene rings is 3. The van der Waals surface area contributed by atoms with Crippen molar-refractivity contribution in [3.05, 3.63) is 101 Å². The van der Waals surface area contributed by atoms with Crippen LogP contribution >= 0.6 is 11.6 Å². The number of rotatable bonds is 11. The standard InChI is InChI=1S/C29H33ClN2O3/c1-4-22(3)31-29(34)27(17-23-12-6-5-7-13-23)32(19-24-14-9-8-11-21(24)2)28(33)20-35-26-16-10-15-25(30)18-26/h5-16,18,22,27H,4,17,19-20H2,1-3H3,(H,31,34). The van der Waals surface area contributed by atoms with Crippen LogP contribution in [0.25, 0.3) is 0 Å². The number of hydrogen-bond acceptors (Lipinski definition) is 3. The van der Waals surface area contributed by atoms with Crippen molar-refractivity contribution in [3.63, 3.8) is 0 Å². The fraction of sp³-hybridized carbons (Fsp3) is 0.310. The number of ether oxygens (including phenoxy) is 1. The predicted octanol–water partition coefficient (Wildman–Crippen LogP) is 5.58. The predicted molar refractivity (Wildman–Crippen MR) is 141 cm³/mol. The van der Waals surface area contributed by atoms with E-state index in [1.807, 2.05) is 75.4 Å². The summed E-state index contributed by atoms with van der Waals surface area (Å²) in [7, 11) is 0. The number of hydrogen-bond donors (Lipinski definition) is 1. The summed E-state index contributed by atoms with van der Waals surface area (Å²) in [5.74, 6) is 0.0618. The van der Waals surface area contributed by atoms with E-state index < -0.39 is 6.04 Å². The minimum absolute atomic E-state index is 0.00102. The van der Waals surface area contributed by atoms with E-state index in [0.29, 0.717) is 23.7 Å². The number of amides is 2. The van der Waals surface area contributed by atoms with Gasteiger partial charge in [-0.15, -0.1) is 0 Å². The molecular weight excluding hydrogens is 460 g/mol. The van der Waals surface area contributed by atoms with Crippen LogP contribution in [-0.4, -0.2) is 35.4 Å². The zero-order valence-corrected chi connectivity index (χ0v) is 21.3. The van der Waals surface area contributed by atoms with E-state index in [1.54, 1.807) is 29.2 Å². The molecule has 0 radical (unpaired) electrons. The molecule has 0 saturated heterocycles. The van der Waals surface area contributed by atoms with Crippen LogP contribution in [0.4, 0.5) is 0 Å². The molecule has 0 saturated carbocycles. The lowest BCUT2D eigenvalue weighted by Crippen LogP contribution is -2.53. The van der Waals surface area contributed by atoms with Crippen molar-refractivity contribution in [2.75, 3.05) is 6.61 Å². The molecule has 0 fully saturated rings. The second-order valence-corrected chi connectivity index (χ2v) is 9.15. The van der Waals surface area contributed by atoms with Crippen LogP contribution < -0.4 is 10.1 Å². The van der Waals surface area contributed by atoms with Gasteiger partial charge in [-0.2, -0.15) is 0 Å². The van der Waals surface area contributed by atoms with E-state index in [4.69, 9.17) is 16.3 Å². The zero-order chi connectivity index (χ0) is 25.2. The summed E-state index contributed by atoms with van der Waals surface area (Å²) < 4.78 is 5.77. The van der Waals surface area contributed by atoms with Gasteiger partial charge < -0.3 is 15.0 Å². The molecule has 0 aliphatic rings. The molecule has 0 aliphatic carbocycles. The summed E-state index contributed by atoms with van der Waals surface area (Å²) in [6, 6.07) is 23.9. The number of nitrogens with one attached hydrogen (secondary N) is 1. The van der Waals surface area contributed by atoms with E-state index in [-0.39, 0.29) is 24.5 Å². The smallest absolute Gasteiger partial charge is 0.261 e. The van der Waals surface area contributed by atoms with E-state index >= 15 is 0 Å². The van der Waals surface area contributed by atoms with E-state index in [0.717, 1.165) is 23.1 Å². The lowest BCUT2D eigenvalue weighted by molar-refractivity contribution is -0.143. The Balaban J connectivity index is 1.92. The lowest BCUT2D eigenvalue weighted by Gasteiger charge is -2.32. The van der Waals surface area contributed by atoms with E-state index in [9.17, 15) is 9.59 Å². The van der Waals surface area contributed by atoms with Gasteiger partial charge in [0.2, 0.25) is 5.91 Å². The highest BCUT2D eigenvalue weighted by molar-refractivity contribution is 6.30. The summed E-state index contributed by atoms with van der Waals surface area (Å²) in [4.78, 5) is 28.7. The first-order valence-corrected chi connectivity index (χ1v) is 12.3. The molecule has 0 aromatic heterocycles. The Hall–Kier alpha value is -3.31. The first-order chi connectivity index (χ1) is 16.9. The molecule has 1 N–H and O–H groups in total. The molecule has 5 nitrogen and oxygen atoms in total. The van der Waals surface area contributed by atoms with Gasteiger partial charge >= 0.3 is 0 Å². The Morgan fingerprint density at radius 2 is 1.71 bits per heavy atom. The zero-order valence-electron chi connectivity index (χ0n) is 20.5. The first-order valence-electron chi connectivity index (χ1n) is 11.9. The largest absolute Gasteiger partial charge is 0.484 e. The molecule has 0 spiro atoms. The van der Waals surface area contributed by atoms with Crippen LogP contribution in [0, 0.1) is 6.92 Å². The van der Waals surface area contributed by atoms with E-state index in [2.05, 4.69) is 5.32 Å². The second-order valence-electron chi connectivity index (χ2n) is 8.72. The highest BCUT2D eigenvalue weighted by atomic mass is 35.5. The number of nitrogens with zero attached hydrogens (tertiary/aromatic N) is 1. The maximum Gasteiger partial charge on any atom is 0.261 e. The average Bonchev–Trinajstić information content (AvgIpc) is 2.86. The van der Waals surface area contributed by atoms with E-state index in [1.165, 1.54) is 0 Å². The van der Waals surface area contributed by atoms with Crippen molar-refractivity contribution in [2.24, 2.45) is 0 Å². The highest BCUT2D eigenvalue weighted by Crippen LogP contribution is 2.20. The maximum atomic E-state index is 13.6. The van der Waals surface area contributed by atoms with Gasteiger partial charge in [0, 0.05) is 24.0 Å². The Morgan fingerprint density at radius 1 is 1.00 bits per heavy atom. The third kappa shape index (κ3) is 7.86. The molecule has 2 amide bonds. The third-order valence-corrected chi connectivity index (χ3v) is 6.27. The number of carbonyl (C=O) groups is 2. The summed E-state index contributed by atoms with van der Waals surface area (Å²) in [5.41, 5.74) is 3.02. The maximum absolute atomic E-state index is 13.6. The fourth-order valence-corrected chi connectivity index (χ4v) is 3.93. The number of aryl methyl sites for hydroxylation is 1. The molecule has 0 bridgehead atoms. The Bertz CT molecular complexity index is 1120. The molecule has 35 heavy (non-hydrogen) atoms. The molecule has 2 atom stereocenters. The van der Waals surface area contributed by atoms with Gasteiger partial charge in [-0.1, -0.05) is 79.2 Å². The van der Waals surface area contributed by atoms with Gasteiger partial charge in [0.15, 0.2) is 6.61 Å². The Morgan fingerprint density at radius 3 is 2.40 bits per heavy atom. The van der Waals surface area contributed by atoms with Gasteiger partial charge in [0.25, 0.3) is 5.91 Å². The summed E-state index contributed by atoms with van der Waals surface area (Å²) >= 11 is 6.06. The Kier molecular flexibility index (Phi) is 9.74. The molecule has 2 unspecified atom stereocenters. The Labute approximate surface area is 213 Å². The summed E-state index contributed by atoms with van der Waals surface area (Å²) in [6.07, 6.45) is 1.20. The fourth-order valence-electron chi connectivity index (χ4n) is 3.75. The monoisotopic (exact) mass is 492 g/mol. The molecule has 6 heteroatoms. The molecule has 3 aromatic rings. The number of carbonyl (C=O) groups excluding carboxylic acids is 2. The minimum Gasteiger partial charge on any atom is -0.484 e. The van der Waals surface area contributed by atoms with Crippen molar-refractivity contribution >= 4 is 23.4 Å². The van der Waals surface area contributed by atoms with Crippen LogP contribution in [0.3, 0.4) is 0 Å². The van der Waals surface area contributed by atoms with Crippen molar-refractivity contribution in [2.45, 2.75) is 52.2 Å². The molecule has 3 aromatic carbocycles. The van der Waals surface area contributed by atoms with Gasteiger partial charge in [0.1, 0.15) is 11.8 Å². The van der Waals surface area contributed by atoms with Gasteiger partial charge in [-0.3, -0.25) is 9.59 Å². The van der Waals surface area contributed by atoms with Crippen molar-refractivity contribution in [1.29, 1.82) is 0 Å². The van der Waals surface area contributed by atoms with Crippen LogP contribution in [0.2, 0.25) is 5.02 Å². The highest BCUT2D eigenvalue weighted by Gasteiger charge is 2.31. The van der Waals surface area contributed by atoms with Crippen LogP contribution in [0.1, 0.15) is 37.0 Å². The van der Waals surface area contributed by atoms with Gasteiger partial charge in [0.05, 0.1) is 0 Å². The average molecular weight is 493 g/mol. The normalized spacial score (nSPS) is 12.5. The summed E-state index contributed by atoms with van der Waals surface area (Å²) in [6.45, 7) is 6.09. The van der Waals surface area contributed by atoms with Gasteiger partial charge in [-0.25, -0.2) is 0 Å². The van der Waals surface area contributed by atoms with Crippen LogP contribution in [0.15, 0.2) is 78.9 Å². The molecule has 0 heterocycles. The van der Waals surface area contributed by atoms with Crippen LogP contribution in [-0.2, 0) is 22.6 Å². The topological polar surface area (TPSA) is 58.6 Å². The third-order valence-electron chi connectivity index (χ3n) is 6.03. The van der Waals surface area contributed by atoms with Gasteiger partial charge in [-0.05, 0) is 55.2 Å².